The summed E-state index contributed by atoms with van der Waals surface area (Å²) < 4.78 is 1.72. The predicted octanol–water partition coefficient (Wildman–Crippen LogP) is 2.79. The van der Waals surface area contributed by atoms with Gasteiger partial charge in [-0.15, -0.1) is 0 Å². The van der Waals surface area contributed by atoms with E-state index in [0.29, 0.717) is 12.2 Å². The highest BCUT2D eigenvalue weighted by Gasteiger charge is 2.27. The second-order valence-corrected chi connectivity index (χ2v) is 6.44. The Morgan fingerprint density at radius 1 is 1.27 bits per heavy atom. The topological polar surface area (TPSA) is 78.0 Å². The summed E-state index contributed by atoms with van der Waals surface area (Å²) in [5.74, 6) is 0.789. The van der Waals surface area contributed by atoms with Gasteiger partial charge in [-0.3, -0.25) is 19.5 Å². The zero-order chi connectivity index (χ0) is 15.9. The maximum atomic E-state index is 12.3. The van der Waals surface area contributed by atoms with Crippen molar-refractivity contribution in [3.8, 4) is 11.3 Å². The van der Waals surface area contributed by atoms with E-state index in [1.165, 1.54) is 18.2 Å². The van der Waals surface area contributed by atoms with Crippen LogP contribution in [0.5, 0.6) is 0 Å². The van der Waals surface area contributed by atoms with Gasteiger partial charge in [0, 0.05) is 36.7 Å². The van der Waals surface area contributed by atoms with Gasteiger partial charge in [0.1, 0.15) is 5.82 Å². The lowest BCUT2D eigenvalue weighted by molar-refractivity contribution is -0.384. The van der Waals surface area contributed by atoms with Crippen LogP contribution in [-0.2, 0) is 13.0 Å². The van der Waals surface area contributed by atoms with Crippen LogP contribution in [0.1, 0.15) is 26.1 Å². The molecule has 1 aliphatic rings. The lowest BCUT2D eigenvalue weighted by Gasteiger charge is -2.31. The molecule has 0 radical (unpaired) electrons. The molecular formula is C16H17N3O3. The van der Waals surface area contributed by atoms with E-state index >= 15 is 0 Å². The molecule has 1 aromatic heterocycles. The molecule has 1 aromatic carbocycles. The van der Waals surface area contributed by atoms with E-state index < -0.39 is 4.92 Å². The van der Waals surface area contributed by atoms with Gasteiger partial charge in [0.2, 0.25) is 0 Å². The number of rotatable bonds is 2. The van der Waals surface area contributed by atoms with Crippen LogP contribution in [0.15, 0.2) is 35.1 Å². The van der Waals surface area contributed by atoms with Crippen molar-refractivity contribution in [3.63, 3.8) is 0 Å². The van der Waals surface area contributed by atoms with Gasteiger partial charge < -0.3 is 0 Å². The van der Waals surface area contributed by atoms with Gasteiger partial charge in [0.15, 0.2) is 0 Å². The summed E-state index contributed by atoms with van der Waals surface area (Å²) in [4.78, 5) is 27.1. The number of hydrogen-bond donors (Lipinski definition) is 0. The fraction of sp³-hybridized carbons (Fsp3) is 0.375. The SMILES string of the molecule is CC1(C)CCn2c(nc(-c3ccc([N+](=O)[O-])cc3)cc2=O)C1. The third-order valence-corrected chi connectivity index (χ3v) is 4.11. The third-order valence-electron chi connectivity index (χ3n) is 4.11. The fourth-order valence-corrected chi connectivity index (χ4v) is 2.76. The Morgan fingerprint density at radius 2 is 1.95 bits per heavy atom. The predicted molar refractivity (Wildman–Crippen MR) is 82.7 cm³/mol. The number of fused-ring (bicyclic) bond motifs is 1. The number of non-ortho nitro benzene ring substituents is 1. The number of hydrogen-bond acceptors (Lipinski definition) is 4. The summed E-state index contributed by atoms with van der Waals surface area (Å²) in [6.45, 7) is 5.02. The molecule has 114 valence electrons. The van der Waals surface area contributed by atoms with Crippen LogP contribution in [0.3, 0.4) is 0 Å². The molecule has 0 saturated heterocycles. The second kappa shape index (κ2) is 5.05. The molecule has 2 aromatic rings. The average molecular weight is 299 g/mol. The Hall–Kier alpha value is -2.50. The molecule has 6 heteroatoms. The van der Waals surface area contributed by atoms with Gasteiger partial charge >= 0.3 is 0 Å². The van der Waals surface area contributed by atoms with E-state index in [9.17, 15) is 14.9 Å². The molecular weight excluding hydrogens is 282 g/mol. The van der Waals surface area contributed by atoms with Crippen molar-refractivity contribution in [1.82, 2.24) is 9.55 Å². The lowest BCUT2D eigenvalue weighted by Crippen LogP contribution is -2.34. The summed E-state index contributed by atoms with van der Waals surface area (Å²) in [6.07, 6.45) is 1.71. The normalized spacial score (nSPS) is 16.1. The zero-order valence-corrected chi connectivity index (χ0v) is 12.6. The first-order valence-corrected chi connectivity index (χ1v) is 7.21. The Morgan fingerprint density at radius 3 is 2.59 bits per heavy atom. The highest BCUT2D eigenvalue weighted by atomic mass is 16.6. The Kier molecular flexibility index (Phi) is 3.31. The minimum absolute atomic E-state index is 0.0274. The highest BCUT2D eigenvalue weighted by molar-refractivity contribution is 5.60. The number of nitro benzene ring substituents is 1. The van der Waals surface area contributed by atoms with Gasteiger partial charge in [-0.1, -0.05) is 13.8 Å². The van der Waals surface area contributed by atoms with E-state index in [2.05, 4.69) is 18.8 Å². The van der Waals surface area contributed by atoms with Crippen LogP contribution in [-0.4, -0.2) is 14.5 Å². The minimum Gasteiger partial charge on any atom is -0.297 e. The monoisotopic (exact) mass is 299 g/mol. The molecule has 0 saturated carbocycles. The first-order valence-electron chi connectivity index (χ1n) is 7.21. The average Bonchev–Trinajstić information content (AvgIpc) is 2.45. The molecule has 0 unspecified atom stereocenters. The van der Waals surface area contributed by atoms with Crippen molar-refractivity contribution in [2.45, 2.75) is 33.2 Å². The van der Waals surface area contributed by atoms with Crippen molar-refractivity contribution in [2.24, 2.45) is 5.41 Å². The van der Waals surface area contributed by atoms with Crippen molar-refractivity contribution < 1.29 is 4.92 Å². The number of nitrogens with zero attached hydrogens (tertiary/aromatic N) is 3. The second-order valence-electron chi connectivity index (χ2n) is 6.44. The van der Waals surface area contributed by atoms with Crippen LogP contribution >= 0.6 is 0 Å². The van der Waals surface area contributed by atoms with Gasteiger partial charge in [-0.05, 0) is 24.0 Å². The van der Waals surface area contributed by atoms with Crippen LogP contribution in [0, 0.1) is 15.5 Å². The lowest BCUT2D eigenvalue weighted by atomic mass is 9.83. The first-order chi connectivity index (χ1) is 10.4. The smallest absolute Gasteiger partial charge is 0.269 e. The molecule has 0 atom stereocenters. The summed E-state index contributed by atoms with van der Waals surface area (Å²) in [5.41, 5.74) is 1.39. The number of aromatic nitrogens is 2. The maximum Gasteiger partial charge on any atom is 0.269 e. The van der Waals surface area contributed by atoms with E-state index in [1.807, 2.05) is 0 Å². The van der Waals surface area contributed by atoms with Crippen LogP contribution in [0.4, 0.5) is 5.69 Å². The van der Waals surface area contributed by atoms with Crippen molar-refractivity contribution >= 4 is 5.69 Å². The van der Waals surface area contributed by atoms with Crippen LogP contribution in [0.25, 0.3) is 11.3 Å². The van der Waals surface area contributed by atoms with Gasteiger partial charge in [0.25, 0.3) is 11.2 Å². The number of nitro groups is 1. The molecule has 6 nitrogen and oxygen atoms in total. The van der Waals surface area contributed by atoms with E-state index in [1.54, 1.807) is 16.7 Å². The quantitative estimate of drug-likeness (QED) is 0.631. The molecule has 0 amide bonds. The van der Waals surface area contributed by atoms with E-state index in [4.69, 9.17) is 0 Å². The molecule has 3 rings (SSSR count). The Bertz CT molecular complexity index is 791. The Balaban J connectivity index is 2.04. The molecule has 1 aliphatic heterocycles. The molecule has 22 heavy (non-hydrogen) atoms. The fourth-order valence-electron chi connectivity index (χ4n) is 2.76. The zero-order valence-electron chi connectivity index (χ0n) is 12.6. The van der Waals surface area contributed by atoms with Crippen molar-refractivity contribution in [2.75, 3.05) is 0 Å². The molecule has 0 spiro atoms. The van der Waals surface area contributed by atoms with Gasteiger partial charge in [-0.2, -0.15) is 0 Å². The van der Waals surface area contributed by atoms with Crippen LogP contribution < -0.4 is 5.56 Å². The van der Waals surface area contributed by atoms with Crippen molar-refractivity contribution in [1.29, 1.82) is 0 Å². The molecule has 0 aliphatic carbocycles. The molecule has 0 bridgehead atoms. The summed E-state index contributed by atoms with van der Waals surface area (Å²) in [7, 11) is 0. The van der Waals surface area contributed by atoms with Crippen LogP contribution in [0.2, 0.25) is 0 Å². The first kappa shape index (κ1) is 14.4. The highest BCUT2D eigenvalue weighted by Crippen LogP contribution is 2.30. The van der Waals surface area contributed by atoms with Gasteiger partial charge in [0.05, 0.1) is 10.6 Å². The number of benzene rings is 1. The minimum atomic E-state index is -0.443. The van der Waals surface area contributed by atoms with E-state index in [0.717, 1.165) is 24.2 Å². The summed E-state index contributed by atoms with van der Waals surface area (Å²) >= 11 is 0. The third kappa shape index (κ3) is 2.64. The Labute approximate surface area is 127 Å². The summed E-state index contributed by atoms with van der Waals surface area (Å²) in [5, 5.41) is 10.7. The standard InChI is InChI=1S/C16H17N3O3/c1-16(2)7-8-18-14(10-16)17-13(9-15(18)20)11-3-5-12(6-4-11)19(21)22/h3-6,9H,7-8,10H2,1-2H3. The molecule has 2 heterocycles. The summed E-state index contributed by atoms with van der Waals surface area (Å²) in [6, 6.07) is 7.62. The van der Waals surface area contributed by atoms with Gasteiger partial charge in [-0.25, -0.2) is 4.98 Å². The largest absolute Gasteiger partial charge is 0.297 e. The molecule has 0 fully saturated rings. The maximum absolute atomic E-state index is 12.3. The van der Waals surface area contributed by atoms with Crippen molar-refractivity contribution in [3.05, 3.63) is 56.6 Å². The molecule has 0 N–H and O–H groups in total. The van der Waals surface area contributed by atoms with E-state index in [-0.39, 0.29) is 16.7 Å².